The van der Waals surface area contributed by atoms with Gasteiger partial charge in [-0.05, 0) is 63.2 Å². The van der Waals surface area contributed by atoms with Gasteiger partial charge in [0.05, 0.1) is 23.7 Å². The number of amides is 1. The van der Waals surface area contributed by atoms with Crippen LogP contribution in [0.3, 0.4) is 0 Å². The number of nitrogens with zero attached hydrogens (tertiary/aromatic N) is 5. The Morgan fingerprint density at radius 1 is 0.974 bits per heavy atom. The van der Waals surface area contributed by atoms with E-state index in [1.165, 1.54) is 12.1 Å². The lowest BCUT2D eigenvalue weighted by Crippen LogP contribution is -2.49. The molecule has 0 atom stereocenters. The first-order valence-corrected chi connectivity index (χ1v) is 12.5. The fourth-order valence-corrected chi connectivity index (χ4v) is 4.63. The molecule has 0 spiro atoms. The first-order chi connectivity index (χ1) is 18.4. The van der Waals surface area contributed by atoms with Crippen molar-refractivity contribution < 1.29 is 23.2 Å². The number of hydrogen-bond acceptors (Lipinski definition) is 7. The van der Waals surface area contributed by atoms with Crippen molar-refractivity contribution >= 4 is 17.6 Å². The van der Waals surface area contributed by atoms with Gasteiger partial charge in [0, 0.05) is 37.4 Å². The van der Waals surface area contributed by atoms with Gasteiger partial charge >= 0.3 is 5.97 Å². The molecule has 0 saturated carbocycles. The van der Waals surface area contributed by atoms with Crippen LogP contribution in [0.25, 0.3) is 16.9 Å². The zero-order valence-corrected chi connectivity index (χ0v) is 21.5. The van der Waals surface area contributed by atoms with E-state index in [2.05, 4.69) is 15.2 Å². The van der Waals surface area contributed by atoms with Gasteiger partial charge in [-0.1, -0.05) is 17.3 Å². The maximum atomic E-state index is 13.5. The number of hydrogen-bond donors (Lipinski definition) is 0. The summed E-state index contributed by atoms with van der Waals surface area (Å²) in [7, 11) is 0. The van der Waals surface area contributed by atoms with Gasteiger partial charge in [0.15, 0.2) is 5.69 Å². The molecule has 9 nitrogen and oxygen atoms in total. The number of piperazine rings is 1. The fourth-order valence-electron chi connectivity index (χ4n) is 4.63. The van der Waals surface area contributed by atoms with E-state index in [0.717, 1.165) is 11.3 Å². The fraction of sp³-hybridized carbons (Fsp3) is 0.286. The van der Waals surface area contributed by atoms with E-state index in [0.29, 0.717) is 54.6 Å². The van der Waals surface area contributed by atoms with E-state index >= 15 is 0 Å². The molecule has 38 heavy (non-hydrogen) atoms. The predicted octanol–water partition coefficient (Wildman–Crippen LogP) is 4.42. The zero-order valence-electron chi connectivity index (χ0n) is 21.5. The molecule has 10 heteroatoms. The van der Waals surface area contributed by atoms with Crippen LogP contribution in [0.1, 0.15) is 39.2 Å². The van der Waals surface area contributed by atoms with Gasteiger partial charge in [0.2, 0.25) is 0 Å². The lowest BCUT2D eigenvalue weighted by Gasteiger charge is -2.36. The largest absolute Gasteiger partial charge is 0.461 e. The predicted molar refractivity (Wildman–Crippen MR) is 139 cm³/mol. The van der Waals surface area contributed by atoms with E-state index < -0.39 is 5.97 Å². The number of benzene rings is 2. The van der Waals surface area contributed by atoms with Gasteiger partial charge < -0.3 is 19.1 Å². The number of aromatic nitrogens is 3. The summed E-state index contributed by atoms with van der Waals surface area (Å²) in [5, 5.41) is 8.33. The lowest BCUT2D eigenvalue weighted by molar-refractivity contribution is 0.0518. The van der Waals surface area contributed by atoms with Crippen LogP contribution in [0, 0.1) is 19.7 Å². The number of halogens is 1. The number of carbonyl (C=O) groups excluding carboxylic acids is 2. The van der Waals surface area contributed by atoms with E-state index in [9.17, 15) is 14.0 Å². The molecule has 0 aliphatic carbocycles. The van der Waals surface area contributed by atoms with Crippen molar-refractivity contribution in [1.29, 1.82) is 0 Å². The van der Waals surface area contributed by atoms with Crippen LogP contribution < -0.4 is 4.90 Å². The summed E-state index contributed by atoms with van der Waals surface area (Å²) in [6.45, 7) is 8.06. The molecule has 2 aromatic carbocycles. The minimum atomic E-state index is -0.518. The van der Waals surface area contributed by atoms with E-state index in [1.807, 2.05) is 29.2 Å². The number of aryl methyl sites for hydroxylation is 2. The summed E-state index contributed by atoms with van der Waals surface area (Å²) in [5.41, 5.74) is 4.50. The summed E-state index contributed by atoms with van der Waals surface area (Å²) in [6, 6.07) is 15.5. The van der Waals surface area contributed by atoms with Crippen LogP contribution >= 0.6 is 0 Å². The molecule has 1 aliphatic rings. The Morgan fingerprint density at radius 2 is 1.63 bits per heavy atom. The summed E-state index contributed by atoms with van der Waals surface area (Å²) in [4.78, 5) is 29.4. The Kier molecular flexibility index (Phi) is 6.95. The summed E-state index contributed by atoms with van der Waals surface area (Å²) < 4.78 is 25.4. The number of ether oxygens (including phenoxy) is 1. The number of esters is 1. The van der Waals surface area contributed by atoms with Crippen molar-refractivity contribution in [2.75, 3.05) is 37.7 Å². The molecule has 0 N–H and O–H groups in total. The standard InChI is InChI=1S/C28H28FN5O4/c1-4-37-28(36)24-17-25(34(30-24)23-11-7-21(29)8-12-23)20-5-9-22(10-6-20)32-13-15-33(16-14-32)27(35)26-18(2)31-38-19(26)3/h5-12,17H,4,13-16H2,1-3H3. The minimum Gasteiger partial charge on any atom is -0.461 e. The quantitative estimate of drug-likeness (QED) is 0.350. The Labute approximate surface area is 219 Å². The Hall–Kier alpha value is -4.47. The van der Waals surface area contributed by atoms with E-state index in [-0.39, 0.29) is 24.0 Å². The third-order valence-electron chi connectivity index (χ3n) is 6.61. The maximum absolute atomic E-state index is 13.5. The van der Waals surface area contributed by atoms with Crippen molar-refractivity contribution in [2.24, 2.45) is 0 Å². The summed E-state index contributed by atoms with van der Waals surface area (Å²) in [5.74, 6) is -0.389. The molecule has 0 radical (unpaired) electrons. The Morgan fingerprint density at radius 3 is 2.24 bits per heavy atom. The molecule has 1 fully saturated rings. The molecular weight excluding hydrogens is 489 g/mol. The highest BCUT2D eigenvalue weighted by atomic mass is 19.1. The maximum Gasteiger partial charge on any atom is 0.358 e. The summed E-state index contributed by atoms with van der Waals surface area (Å²) in [6.07, 6.45) is 0. The number of anilines is 1. The molecule has 0 bridgehead atoms. The van der Waals surface area contributed by atoms with Gasteiger partial charge in [-0.3, -0.25) is 4.79 Å². The average Bonchev–Trinajstić information content (AvgIpc) is 3.52. The van der Waals surface area contributed by atoms with Crippen LogP contribution in [0.2, 0.25) is 0 Å². The van der Waals surface area contributed by atoms with Gasteiger partial charge in [-0.2, -0.15) is 5.10 Å². The second-order valence-corrected chi connectivity index (χ2v) is 9.05. The summed E-state index contributed by atoms with van der Waals surface area (Å²) >= 11 is 0. The van der Waals surface area contributed by atoms with Gasteiger partial charge in [0.25, 0.3) is 5.91 Å². The second-order valence-electron chi connectivity index (χ2n) is 9.05. The molecule has 0 unspecified atom stereocenters. The molecule has 1 saturated heterocycles. The Balaban J connectivity index is 1.34. The Bertz CT molecular complexity index is 1430. The van der Waals surface area contributed by atoms with E-state index in [1.54, 1.807) is 43.7 Å². The highest BCUT2D eigenvalue weighted by Gasteiger charge is 2.27. The molecule has 5 rings (SSSR count). The third-order valence-corrected chi connectivity index (χ3v) is 6.61. The number of rotatable bonds is 6. The number of carbonyl (C=O) groups is 2. The molecule has 4 aromatic rings. The van der Waals surface area contributed by atoms with Crippen LogP contribution in [0.15, 0.2) is 59.1 Å². The zero-order chi connectivity index (χ0) is 26.8. The first kappa shape index (κ1) is 25.2. The van der Waals surface area contributed by atoms with Crippen molar-refractivity contribution in [3.8, 4) is 16.9 Å². The third kappa shape index (κ3) is 4.89. The van der Waals surface area contributed by atoms with E-state index in [4.69, 9.17) is 9.26 Å². The van der Waals surface area contributed by atoms with Crippen LogP contribution in [-0.4, -0.2) is 64.5 Å². The van der Waals surface area contributed by atoms with Crippen LogP contribution in [0.5, 0.6) is 0 Å². The second kappa shape index (κ2) is 10.5. The highest BCUT2D eigenvalue weighted by molar-refractivity contribution is 5.96. The molecule has 1 amide bonds. The molecule has 196 valence electrons. The monoisotopic (exact) mass is 517 g/mol. The van der Waals surface area contributed by atoms with Crippen molar-refractivity contribution in [1.82, 2.24) is 19.8 Å². The highest BCUT2D eigenvalue weighted by Crippen LogP contribution is 2.28. The van der Waals surface area contributed by atoms with Gasteiger partial charge in [-0.15, -0.1) is 0 Å². The van der Waals surface area contributed by atoms with Gasteiger partial charge in [0.1, 0.15) is 17.1 Å². The molecular formula is C28H28FN5O4. The van der Waals surface area contributed by atoms with Crippen molar-refractivity contribution in [3.63, 3.8) is 0 Å². The van der Waals surface area contributed by atoms with Crippen LogP contribution in [0.4, 0.5) is 10.1 Å². The first-order valence-electron chi connectivity index (χ1n) is 12.5. The normalized spacial score (nSPS) is 13.6. The van der Waals surface area contributed by atoms with Crippen LogP contribution in [-0.2, 0) is 4.74 Å². The topological polar surface area (TPSA) is 93.7 Å². The average molecular weight is 518 g/mol. The minimum absolute atomic E-state index is 0.0530. The van der Waals surface area contributed by atoms with Crippen molar-refractivity contribution in [2.45, 2.75) is 20.8 Å². The SMILES string of the molecule is CCOC(=O)c1cc(-c2ccc(N3CCN(C(=O)c4c(C)noc4C)CC3)cc2)n(-c2ccc(F)cc2)n1. The smallest absolute Gasteiger partial charge is 0.358 e. The molecule has 2 aromatic heterocycles. The molecule has 3 heterocycles. The van der Waals surface area contributed by atoms with Crippen molar-refractivity contribution in [3.05, 3.63) is 83.1 Å². The lowest BCUT2D eigenvalue weighted by atomic mass is 10.1. The molecule has 1 aliphatic heterocycles. The van der Waals surface area contributed by atoms with Gasteiger partial charge in [-0.25, -0.2) is 13.9 Å².